The van der Waals surface area contributed by atoms with E-state index in [0.29, 0.717) is 11.3 Å². The molecule has 0 saturated heterocycles. The number of anilines is 1. The molecule has 2 saturated carbocycles. The molecule has 5 nitrogen and oxygen atoms in total. The molecule has 0 spiro atoms. The molecule has 2 aromatic carbocycles. The highest BCUT2D eigenvalue weighted by Crippen LogP contribution is 2.53. The number of carbonyl (C=O) groups excluding carboxylic acids is 3. The second kappa shape index (κ2) is 8.82. The van der Waals surface area contributed by atoms with Gasteiger partial charge < -0.3 is 10.1 Å². The summed E-state index contributed by atoms with van der Waals surface area (Å²) in [5.41, 5.74) is 2.50. The van der Waals surface area contributed by atoms with Crippen LogP contribution in [0, 0.1) is 23.7 Å². The number of benzene rings is 2. The molecular weight excluding hydrogens is 378 g/mol. The fourth-order valence-corrected chi connectivity index (χ4v) is 5.06. The van der Waals surface area contributed by atoms with Crippen LogP contribution in [0.1, 0.15) is 42.1 Å². The Morgan fingerprint density at radius 3 is 2.27 bits per heavy atom. The van der Waals surface area contributed by atoms with E-state index in [1.165, 1.54) is 5.56 Å². The number of carbonyl (C=O) groups is 3. The number of ketones is 1. The van der Waals surface area contributed by atoms with E-state index in [0.717, 1.165) is 25.7 Å². The summed E-state index contributed by atoms with van der Waals surface area (Å²) in [6.07, 6.45) is 3.74. The van der Waals surface area contributed by atoms with Gasteiger partial charge in [-0.3, -0.25) is 14.4 Å². The van der Waals surface area contributed by atoms with Gasteiger partial charge in [0, 0.05) is 17.2 Å². The molecule has 0 radical (unpaired) electrons. The summed E-state index contributed by atoms with van der Waals surface area (Å²) in [7, 11) is 0. The van der Waals surface area contributed by atoms with Gasteiger partial charge in [0.25, 0.3) is 5.91 Å². The van der Waals surface area contributed by atoms with Gasteiger partial charge in [0.1, 0.15) is 0 Å². The van der Waals surface area contributed by atoms with Gasteiger partial charge >= 0.3 is 5.97 Å². The zero-order chi connectivity index (χ0) is 21.1. The highest BCUT2D eigenvalue weighted by molar-refractivity contribution is 6.01. The van der Waals surface area contributed by atoms with Crippen LogP contribution in [-0.2, 0) is 20.7 Å². The largest absolute Gasteiger partial charge is 0.455 e. The van der Waals surface area contributed by atoms with Gasteiger partial charge in [-0.05, 0) is 55.2 Å². The maximum Gasteiger partial charge on any atom is 0.310 e. The number of rotatable bonds is 7. The van der Waals surface area contributed by atoms with Crippen LogP contribution < -0.4 is 5.32 Å². The number of amides is 1. The Morgan fingerprint density at radius 1 is 0.933 bits per heavy atom. The van der Waals surface area contributed by atoms with E-state index in [4.69, 9.17) is 4.74 Å². The van der Waals surface area contributed by atoms with Crippen LogP contribution in [0.4, 0.5) is 5.69 Å². The van der Waals surface area contributed by atoms with Gasteiger partial charge in [-0.15, -0.1) is 0 Å². The number of Topliss-reactive ketones (excluding diaryl/α,β-unsaturated/α-hetero) is 1. The van der Waals surface area contributed by atoms with Crippen LogP contribution in [0.15, 0.2) is 54.6 Å². The number of aryl methyl sites for hydroxylation is 1. The third kappa shape index (κ3) is 4.16. The zero-order valence-corrected chi connectivity index (χ0v) is 17.2. The Kier molecular flexibility index (Phi) is 5.98. The fraction of sp³-hybridized carbons (Fsp3) is 0.400. The Labute approximate surface area is 176 Å². The lowest BCUT2D eigenvalue weighted by atomic mass is 9.75. The summed E-state index contributed by atoms with van der Waals surface area (Å²) in [6, 6.07) is 16.7. The third-order valence-electron chi connectivity index (χ3n) is 6.54. The van der Waals surface area contributed by atoms with E-state index in [-0.39, 0.29) is 36.1 Å². The van der Waals surface area contributed by atoms with Gasteiger partial charge in [0.15, 0.2) is 12.4 Å². The maximum absolute atomic E-state index is 13.1. The lowest BCUT2D eigenvalue weighted by molar-refractivity contribution is -0.154. The van der Waals surface area contributed by atoms with Crippen molar-refractivity contribution in [2.45, 2.75) is 32.6 Å². The summed E-state index contributed by atoms with van der Waals surface area (Å²) in [5, 5.41) is 2.75. The Balaban J connectivity index is 1.38. The van der Waals surface area contributed by atoms with Gasteiger partial charge in [0.05, 0.1) is 5.92 Å². The molecule has 4 atom stereocenters. The zero-order valence-electron chi connectivity index (χ0n) is 17.2. The second-order valence-corrected chi connectivity index (χ2v) is 8.32. The highest BCUT2D eigenvalue weighted by atomic mass is 16.5. The minimum atomic E-state index is -0.451. The lowest BCUT2D eigenvalue weighted by Gasteiger charge is -2.28. The molecule has 0 heterocycles. The first-order valence-electron chi connectivity index (χ1n) is 10.7. The number of hydrogen-bond donors (Lipinski definition) is 1. The molecule has 2 fully saturated rings. The SMILES string of the molecule is CCc1ccc(NC(=O)COC(=O)[C@H]2[C@H]3CC[C@@H](C3)[C@@H]2C(=O)c2ccccc2)cc1. The number of nitrogens with one attached hydrogen (secondary N) is 1. The van der Waals surface area contributed by atoms with Crippen molar-refractivity contribution < 1.29 is 19.1 Å². The van der Waals surface area contributed by atoms with Crippen molar-refractivity contribution in [1.29, 1.82) is 0 Å². The topological polar surface area (TPSA) is 72.5 Å². The first kappa shape index (κ1) is 20.3. The Hall–Kier alpha value is -2.95. The van der Waals surface area contributed by atoms with Crippen LogP contribution >= 0.6 is 0 Å². The van der Waals surface area contributed by atoms with Gasteiger partial charge in [0.2, 0.25) is 0 Å². The van der Waals surface area contributed by atoms with Crippen LogP contribution in [0.5, 0.6) is 0 Å². The van der Waals surface area contributed by atoms with Gasteiger partial charge in [-0.2, -0.15) is 0 Å². The minimum Gasteiger partial charge on any atom is -0.455 e. The molecule has 2 bridgehead atoms. The Bertz CT molecular complexity index is 922. The van der Waals surface area contributed by atoms with Gasteiger partial charge in [-0.25, -0.2) is 0 Å². The average molecular weight is 405 g/mol. The minimum absolute atomic E-state index is 0.0187. The van der Waals surface area contributed by atoms with E-state index in [1.807, 2.05) is 42.5 Å². The number of esters is 1. The van der Waals surface area contributed by atoms with Crippen molar-refractivity contribution in [1.82, 2.24) is 0 Å². The summed E-state index contributed by atoms with van der Waals surface area (Å²) in [4.78, 5) is 38.2. The van der Waals surface area contributed by atoms with Crippen molar-refractivity contribution in [3.63, 3.8) is 0 Å². The monoisotopic (exact) mass is 405 g/mol. The third-order valence-corrected chi connectivity index (χ3v) is 6.54. The van der Waals surface area contributed by atoms with Crippen molar-refractivity contribution in [3.8, 4) is 0 Å². The van der Waals surface area contributed by atoms with Crippen molar-refractivity contribution in [3.05, 3.63) is 65.7 Å². The highest BCUT2D eigenvalue weighted by Gasteiger charge is 2.54. The normalized spacial score (nSPS) is 24.4. The molecule has 1 amide bonds. The summed E-state index contributed by atoms with van der Waals surface area (Å²) >= 11 is 0. The second-order valence-electron chi connectivity index (χ2n) is 8.32. The Morgan fingerprint density at radius 2 is 1.60 bits per heavy atom. The smallest absolute Gasteiger partial charge is 0.310 e. The average Bonchev–Trinajstić information content (AvgIpc) is 3.40. The molecule has 4 rings (SSSR count). The number of ether oxygens (including phenoxy) is 1. The van der Waals surface area contributed by atoms with Crippen molar-refractivity contribution in [2.75, 3.05) is 11.9 Å². The van der Waals surface area contributed by atoms with Crippen LogP contribution in [0.3, 0.4) is 0 Å². The fourth-order valence-electron chi connectivity index (χ4n) is 5.06. The molecule has 2 aliphatic carbocycles. The summed E-state index contributed by atoms with van der Waals surface area (Å²) in [5.74, 6) is -1.17. The number of hydrogen-bond acceptors (Lipinski definition) is 4. The predicted octanol–water partition coefficient (Wildman–Crippen LogP) is 4.28. The molecule has 2 aliphatic rings. The molecule has 156 valence electrons. The first-order chi connectivity index (χ1) is 14.6. The summed E-state index contributed by atoms with van der Waals surface area (Å²) in [6.45, 7) is 1.73. The van der Waals surface area contributed by atoms with E-state index in [2.05, 4.69) is 12.2 Å². The standard InChI is InChI=1S/C25H27NO4/c1-2-16-8-12-20(13-9-16)26-21(27)15-30-25(29)23-19-11-10-18(14-19)22(23)24(28)17-6-4-3-5-7-17/h3-9,12-13,18-19,22-23H,2,10-11,14-15H2,1H3,(H,26,27)/t18-,19-,22-,23-/m0/s1. The van der Waals surface area contributed by atoms with Crippen LogP contribution in [0.2, 0.25) is 0 Å². The van der Waals surface area contributed by atoms with Crippen molar-refractivity contribution >= 4 is 23.3 Å². The quantitative estimate of drug-likeness (QED) is 0.551. The molecule has 2 aromatic rings. The molecule has 1 N–H and O–H groups in total. The molecule has 0 aliphatic heterocycles. The lowest BCUT2D eigenvalue weighted by Crippen LogP contribution is -2.37. The molecule has 5 heteroatoms. The first-order valence-corrected chi connectivity index (χ1v) is 10.7. The molecule has 0 aromatic heterocycles. The van der Waals surface area contributed by atoms with E-state index >= 15 is 0 Å². The van der Waals surface area contributed by atoms with Crippen molar-refractivity contribution in [2.24, 2.45) is 23.7 Å². The van der Waals surface area contributed by atoms with Crippen LogP contribution in [0.25, 0.3) is 0 Å². The molecular formula is C25H27NO4. The van der Waals surface area contributed by atoms with Crippen LogP contribution in [-0.4, -0.2) is 24.3 Å². The van der Waals surface area contributed by atoms with E-state index < -0.39 is 11.9 Å². The molecule has 0 unspecified atom stereocenters. The number of fused-ring (bicyclic) bond motifs is 2. The van der Waals surface area contributed by atoms with Gasteiger partial charge in [-0.1, -0.05) is 49.4 Å². The van der Waals surface area contributed by atoms with E-state index in [9.17, 15) is 14.4 Å². The van der Waals surface area contributed by atoms with E-state index in [1.54, 1.807) is 12.1 Å². The maximum atomic E-state index is 13.1. The predicted molar refractivity (Wildman–Crippen MR) is 114 cm³/mol. The molecule has 30 heavy (non-hydrogen) atoms. The summed E-state index contributed by atoms with van der Waals surface area (Å²) < 4.78 is 5.37.